The van der Waals surface area contributed by atoms with Gasteiger partial charge in [-0.05, 0) is 40.8 Å². The highest BCUT2D eigenvalue weighted by atomic mass is 16.3. The number of aliphatic hydroxyl groups excluding tert-OH is 1. The van der Waals surface area contributed by atoms with E-state index in [0.717, 1.165) is 35.3 Å². The third-order valence-electron chi connectivity index (χ3n) is 6.49. The minimum absolute atomic E-state index is 0.00160. The number of nitrogens with one attached hydrogen (secondary N) is 1. The molecule has 3 aromatic rings. The van der Waals surface area contributed by atoms with E-state index in [2.05, 4.69) is 35.6 Å². The standard InChI is InChI=1S/C26H26N2O2/c29-17-24-21-13-14-28(25(30)15-18-7-3-1-4-8-18)26(21)22-16-20(11-12-23(22)27-24)19-9-5-2-6-10-19/h1-12,16,21,24,26-27,29H,13-15,17H2/t21-,24-,26-/m0/s1. The number of rotatable bonds is 4. The van der Waals surface area contributed by atoms with E-state index >= 15 is 0 Å². The van der Waals surface area contributed by atoms with Gasteiger partial charge in [0, 0.05) is 18.2 Å². The van der Waals surface area contributed by atoms with Gasteiger partial charge in [0.25, 0.3) is 0 Å². The van der Waals surface area contributed by atoms with E-state index in [-0.39, 0.29) is 30.5 Å². The van der Waals surface area contributed by atoms with Crippen molar-refractivity contribution in [2.45, 2.75) is 24.9 Å². The smallest absolute Gasteiger partial charge is 0.227 e. The Bertz CT molecular complexity index is 1040. The maximum atomic E-state index is 13.3. The number of hydrogen-bond donors (Lipinski definition) is 2. The number of fused-ring (bicyclic) bond motifs is 3. The maximum absolute atomic E-state index is 13.3. The first-order chi connectivity index (χ1) is 14.7. The molecule has 2 heterocycles. The van der Waals surface area contributed by atoms with Crippen LogP contribution < -0.4 is 5.32 Å². The summed E-state index contributed by atoms with van der Waals surface area (Å²) >= 11 is 0. The molecule has 2 N–H and O–H groups in total. The molecule has 0 spiro atoms. The highest BCUT2D eigenvalue weighted by molar-refractivity contribution is 5.81. The lowest BCUT2D eigenvalue weighted by Gasteiger charge is -2.39. The predicted molar refractivity (Wildman–Crippen MR) is 119 cm³/mol. The molecule has 4 heteroatoms. The predicted octanol–water partition coefficient (Wildman–Crippen LogP) is 4.27. The number of nitrogens with zero attached hydrogens (tertiary/aromatic N) is 1. The fraction of sp³-hybridized carbons (Fsp3) is 0.269. The third-order valence-corrected chi connectivity index (χ3v) is 6.49. The molecule has 0 saturated carbocycles. The van der Waals surface area contributed by atoms with Crippen molar-refractivity contribution in [2.24, 2.45) is 5.92 Å². The topological polar surface area (TPSA) is 52.6 Å². The summed E-state index contributed by atoms with van der Waals surface area (Å²) in [7, 11) is 0. The van der Waals surface area contributed by atoms with Gasteiger partial charge >= 0.3 is 0 Å². The molecule has 3 aromatic carbocycles. The first-order valence-corrected chi connectivity index (χ1v) is 10.6. The van der Waals surface area contributed by atoms with Crippen LogP contribution in [0.2, 0.25) is 0 Å². The van der Waals surface area contributed by atoms with Crippen molar-refractivity contribution in [3.05, 3.63) is 90.0 Å². The summed E-state index contributed by atoms with van der Waals surface area (Å²) in [6.07, 6.45) is 1.31. The van der Waals surface area contributed by atoms with Gasteiger partial charge in [-0.25, -0.2) is 0 Å². The molecule has 0 aromatic heterocycles. The van der Waals surface area contributed by atoms with Gasteiger partial charge in [0.05, 0.1) is 25.1 Å². The number of hydrogen-bond acceptors (Lipinski definition) is 3. The summed E-state index contributed by atoms with van der Waals surface area (Å²) in [5, 5.41) is 13.5. The van der Waals surface area contributed by atoms with Crippen molar-refractivity contribution in [1.82, 2.24) is 4.90 Å². The zero-order valence-electron chi connectivity index (χ0n) is 16.9. The maximum Gasteiger partial charge on any atom is 0.227 e. The molecule has 1 saturated heterocycles. The molecule has 4 nitrogen and oxygen atoms in total. The highest BCUT2D eigenvalue weighted by Gasteiger charge is 2.45. The van der Waals surface area contributed by atoms with Gasteiger partial charge in [0.15, 0.2) is 0 Å². The third kappa shape index (κ3) is 3.37. The monoisotopic (exact) mass is 398 g/mol. The average Bonchev–Trinajstić information content (AvgIpc) is 3.25. The second-order valence-electron chi connectivity index (χ2n) is 8.25. The molecule has 1 fully saturated rings. The summed E-state index contributed by atoms with van der Waals surface area (Å²) in [5.74, 6) is 0.372. The summed E-state index contributed by atoms with van der Waals surface area (Å²) in [6, 6.07) is 26.7. The largest absolute Gasteiger partial charge is 0.394 e. The second kappa shape index (κ2) is 7.96. The van der Waals surface area contributed by atoms with Crippen LogP contribution in [0.25, 0.3) is 11.1 Å². The molecule has 3 atom stereocenters. The van der Waals surface area contributed by atoms with E-state index in [9.17, 15) is 9.90 Å². The van der Waals surface area contributed by atoms with Crippen molar-refractivity contribution in [2.75, 3.05) is 18.5 Å². The van der Waals surface area contributed by atoms with Crippen LogP contribution in [0.4, 0.5) is 5.69 Å². The number of likely N-dealkylation sites (tertiary alicyclic amines) is 1. The fourth-order valence-electron chi connectivity index (χ4n) is 5.02. The van der Waals surface area contributed by atoms with Crippen molar-refractivity contribution in [3.63, 3.8) is 0 Å². The number of anilines is 1. The molecule has 0 radical (unpaired) electrons. The number of carbonyl (C=O) groups is 1. The Kier molecular flexibility index (Phi) is 5.01. The molecular weight excluding hydrogens is 372 g/mol. The van der Waals surface area contributed by atoms with E-state index < -0.39 is 0 Å². The number of benzene rings is 3. The highest BCUT2D eigenvalue weighted by Crippen LogP contribution is 2.47. The summed E-state index contributed by atoms with van der Waals surface area (Å²) in [5.41, 5.74) is 5.54. The quantitative estimate of drug-likeness (QED) is 0.690. The van der Waals surface area contributed by atoms with Crippen LogP contribution in [0.1, 0.15) is 23.6 Å². The summed E-state index contributed by atoms with van der Waals surface area (Å²) in [6.45, 7) is 0.802. The molecule has 152 valence electrons. The van der Waals surface area contributed by atoms with Crippen molar-refractivity contribution in [1.29, 1.82) is 0 Å². The van der Waals surface area contributed by atoms with Crippen LogP contribution in [-0.2, 0) is 11.2 Å². The Morgan fingerprint density at radius 3 is 2.43 bits per heavy atom. The van der Waals surface area contributed by atoms with Crippen LogP contribution >= 0.6 is 0 Å². The fourth-order valence-corrected chi connectivity index (χ4v) is 5.02. The Balaban J connectivity index is 1.51. The molecule has 0 bridgehead atoms. The van der Waals surface area contributed by atoms with E-state index in [0.29, 0.717) is 6.42 Å². The average molecular weight is 399 g/mol. The zero-order chi connectivity index (χ0) is 20.5. The van der Waals surface area contributed by atoms with Gasteiger partial charge in [-0.3, -0.25) is 4.79 Å². The van der Waals surface area contributed by atoms with Gasteiger partial charge in [0.1, 0.15) is 0 Å². The summed E-state index contributed by atoms with van der Waals surface area (Å²) in [4.78, 5) is 15.3. The minimum atomic E-state index is -0.0281. The van der Waals surface area contributed by atoms with Crippen molar-refractivity contribution in [3.8, 4) is 11.1 Å². The van der Waals surface area contributed by atoms with Crippen LogP contribution in [0, 0.1) is 5.92 Å². The van der Waals surface area contributed by atoms with Gasteiger partial charge in [-0.15, -0.1) is 0 Å². The number of amides is 1. The Labute approximate surface area is 177 Å². The zero-order valence-corrected chi connectivity index (χ0v) is 16.9. The van der Waals surface area contributed by atoms with Gasteiger partial charge in [0.2, 0.25) is 5.91 Å². The van der Waals surface area contributed by atoms with Gasteiger partial charge in [-0.2, -0.15) is 0 Å². The lowest BCUT2D eigenvalue weighted by Crippen LogP contribution is -2.43. The molecule has 0 unspecified atom stereocenters. The number of carbonyl (C=O) groups excluding carboxylic acids is 1. The molecule has 30 heavy (non-hydrogen) atoms. The van der Waals surface area contributed by atoms with Gasteiger partial charge in [-0.1, -0.05) is 66.7 Å². The lowest BCUT2D eigenvalue weighted by molar-refractivity contribution is -0.131. The van der Waals surface area contributed by atoms with Crippen molar-refractivity contribution >= 4 is 11.6 Å². The number of aliphatic hydroxyl groups is 1. The Morgan fingerprint density at radius 1 is 0.967 bits per heavy atom. The molecule has 1 amide bonds. The summed E-state index contributed by atoms with van der Waals surface area (Å²) < 4.78 is 0. The SMILES string of the molecule is O=C(Cc1ccccc1)N1CC[C@H]2[C@H](CO)Nc3ccc(-c4ccccc4)cc3[C@H]21. The van der Waals surface area contributed by atoms with E-state index in [4.69, 9.17) is 0 Å². The van der Waals surface area contributed by atoms with Gasteiger partial charge < -0.3 is 15.3 Å². The van der Waals surface area contributed by atoms with Crippen molar-refractivity contribution < 1.29 is 9.90 Å². The van der Waals surface area contributed by atoms with Crippen LogP contribution in [-0.4, -0.2) is 35.1 Å². The first-order valence-electron chi connectivity index (χ1n) is 10.6. The van der Waals surface area contributed by atoms with Crippen LogP contribution in [0.3, 0.4) is 0 Å². The van der Waals surface area contributed by atoms with Crippen LogP contribution in [0.15, 0.2) is 78.9 Å². The molecule has 5 rings (SSSR count). The van der Waals surface area contributed by atoms with Crippen LogP contribution in [0.5, 0.6) is 0 Å². The molecule has 2 aliphatic heterocycles. The first kappa shape index (κ1) is 18.9. The Morgan fingerprint density at radius 2 is 1.70 bits per heavy atom. The molecule has 2 aliphatic rings. The second-order valence-corrected chi connectivity index (χ2v) is 8.25. The molecular formula is C26H26N2O2. The van der Waals surface area contributed by atoms with E-state index in [1.54, 1.807) is 0 Å². The minimum Gasteiger partial charge on any atom is -0.394 e. The van der Waals surface area contributed by atoms with E-state index in [1.807, 2.05) is 53.4 Å². The normalized spacial score (nSPS) is 22.2. The molecule has 0 aliphatic carbocycles. The lowest BCUT2D eigenvalue weighted by atomic mass is 9.82. The van der Waals surface area contributed by atoms with E-state index in [1.165, 1.54) is 5.56 Å². The Hall–Kier alpha value is -3.11.